The molecule has 28 heavy (non-hydrogen) atoms. The molecule has 0 aromatic heterocycles. The number of hydrogen-bond donors (Lipinski definition) is 1. The number of aryl methyl sites for hydroxylation is 1. The smallest absolute Gasteiger partial charge is 0.260 e. The van der Waals surface area contributed by atoms with Gasteiger partial charge in [0.25, 0.3) is 5.91 Å². The van der Waals surface area contributed by atoms with Gasteiger partial charge in [-0.3, -0.25) is 9.59 Å². The highest BCUT2D eigenvalue weighted by Gasteiger charge is 2.20. The van der Waals surface area contributed by atoms with Gasteiger partial charge in [0, 0.05) is 12.7 Å². The summed E-state index contributed by atoms with van der Waals surface area (Å²) in [6.45, 7) is 8.20. The number of para-hydroxylation sites is 2. The standard InChI is InChI=1S/C23H30N2O3/c1-6-17-11-7-9-13-19(17)24-21(26)15-25(5)22(27)16-28-20-14-10-8-12-18(20)23(2,3)4/h7-14H,6,15-16H2,1-5H3,(H,24,26). The van der Waals surface area contributed by atoms with E-state index in [-0.39, 0.29) is 30.4 Å². The first-order valence-corrected chi connectivity index (χ1v) is 9.56. The molecule has 0 saturated carbocycles. The first-order valence-electron chi connectivity index (χ1n) is 9.56. The molecule has 0 heterocycles. The number of benzene rings is 2. The number of ether oxygens (including phenoxy) is 1. The second kappa shape index (κ2) is 9.40. The van der Waals surface area contributed by atoms with Crippen LogP contribution in [0.25, 0.3) is 0 Å². The molecular formula is C23H30N2O3. The second-order valence-electron chi connectivity index (χ2n) is 7.84. The predicted octanol–water partition coefficient (Wildman–Crippen LogP) is 4.02. The highest BCUT2D eigenvalue weighted by atomic mass is 16.5. The predicted molar refractivity (Wildman–Crippen MR) is 113 cm³/mol. The maximum absolute atomic E-state index is 12.4. The van der Waals surface area contributed by atoms with Crippen molar-refractivity contribution in [1.29, 1.82) is 0 Å². The molecule has 150 valence electrons. The molecule has 0 aliphatic carbocycles. The van der Waals surface area contributed by atoms with Gasteiger partial charge in [-0.15, -0.1) is 0 Å². The third-order valence-electron chi connectivity index (χ3n) is 4.53. The maximum atomic E-state index is 12.4. The molecule has 0 unspecified atom stereocenters. The van der Waals surface area contributed by atoms with E-state index in [0.717, 1.165) is 23.2 Å². The lowest BCUT2D eigenvalue weighted by Gasteiger charge is -2.23. The van der Waals surface area contributed by atoms with Gasteiger partial charge in [0.1, 0.15) is 5.75 Å². The van der Waals surface area contributed by atoms with E-state index in [9.17, 15) is 9.59 Å². The fourth-order valence-electron chi connectivity index (χ4n) is 2.91. The molecule has 0 spiro atoms. The first-order chi connectivity index (χ1) is 13.2. The average Bonchev–Trinajstić information content (AvgIpc) is 2.65. The Kier molecular flexibility index (Phi) is 7.21. The highest BCUT2D eigenvalue weighted by molar-refractivity contribution is 5.95. The summed E-state index contributed by atoms with van der Waals surface area (Å²) >= 11 is 0. The van der Waals surface area contributed by atoms with Crippen molar-refractivity contribution in [2.45, 2.75) is 39.5 Å². The number of carbonyl (C=O) groups is 2. The average molecular weight is 383 g/mol. The molecule has 2 rings (SSSR count). The number of likely N-dealkylation sites (N-methyl/N-ethyl adjacent to an activating group) is 1. The van der Waals surface area contributed by atoms with Gasteiger partial charge < -0.3 is 15.0 Å². The molecule has 2 aromatic carbocycles. The SMILES string of the molecule is CCc1ccccc1NC(=O)CN(C)C(=O)COc1ccccc1C(C)(C)C. The van der Waals surface area contributed by atoms with Crippen LogP contribution in [0.15, 0.2) is 48.5 Å². The van der Waals surface area contributed by atoms with Crippen LogP contribution in [0.2, 0.25) is 0 Å². The normalized spacial score (nSPS) is 11.0. The number of hydrogen-bond acceptors (Lipinski definition) is 3. The van der Waals surface area contributed by atoms with E-state index in [1.54, 1.807) is 7.05 Å². The number of amides is 2. The van der Waals surface area contributed by atoms with Gasteiger partial charge in [-0.25, -0.2) is 0 Å². The molecule has 1 N–H and O–H groups in total. The van der Waals surface area contributed by atoms with Crippen LogP contribution in [0.5, 0.6) is 5.75 Å². The molecule has 0 aliphatic rings. The minimum Gasteiger partial charge on any atom is -0.483 e. The van der Waals surface area contributed by atoms with Gasteiger partial charge in [0.05, 0.1) is 6.54 Å². The van der Waals surface area contributed by atoms with Crippen molar-refractivity contribution in [2.24, 2.45) is 0 Å². The molecule has 5 heteroatoms. The Labute approximate surface area is 167 Å². The maximum Gasteiger partial charge on any atom is 0.260 e. The van der Waals surface area contributed by atoms with Gasteiger partial charge in [0.2, 0.25) is 5.91 Å². The quantitative estimate of drug-likeness (QED) is 0.787. The van der Waals surface area contributed by atoms with Crippen molar-refractivity contribution in [2.75, 3.05) is 25.5 Å². The van der Waals surface area contributed by atoms with Crippen LogP contribution in [0.1, 0.15) is 38.8 Å². The van der Waals surface area contributed by atoms with Crippen molar-refractivity contribution >= 4 is 17.5 Å². The van der Waals surface area contributed by atoms with Crippen LogP contribution >= 0.6 is 0 Å². The zero-order valence-corrected chi connectivity index (χ0v) is 17.4. The van der Waals surface area contributed by atoms with E-state index in [1.165, 1.54) is 4.90 Å². The van der Waals surface area contributed by atoms with Gasteiger partial charge >= 0.3 is 0 Å². The minimum absolute atomic E-state index is 0.0266. The topological polar surface area (TPSA) is 58.6 Å². The van der Waals surface area contributed by atoms with E-state index in [2.05, 4.69) is 26.1 Å². The molecule has 2 aromatic rings. The summed E-state index contributed by atoms with van der Waals surface area (Å²) in [6.07, 6.45) is 0.826. The van der Waals surface area contributed by atoms with Crippen molar-refractivity contribution in [3.63, 3.8) is 0 Å². The Morgan fingerprint density at radius 1 is 1.04 bits per heavy atom. The fourth-order valence-corrected chi connectivity index (χ4v) is 2.91. The van der Waals surface area contributed by atoms with E-state index in [4.69, 9.17) is 4.74 Å². The van der Waals surface area contributed by atoms with E-state index >= 15 is 0 Å². The number of nitrogens with one attached hydrogen (secondary N) is 1. The molecular weight excluding hydrogens is 352 g/mol. The third kappa shape index (κ3) is 5.84. The van der Waals surface area contributed by atoms with Crippen LogP contribution in [0.4, 0.5) is 5.69 Å². The number of rotatable bonds is 7. The summed E-state index contributed by atoms with van der Waals surface area (Å²) in [5.41, 5.74) is 2.80. The summed E-state index contributed by atoms with van der Waals surface area (Å²) in [7, 11) is 1.60. The largest absolute Gasteiger partial charge is 0.483 e. The van der Waals surface area contributed by atoms with E-state index < -0.39 is 0 Å². The third-order valence-corrected chi connectivity index (χ3v) is 4.53. The lowest BCUT2D eigenvalue weighted by Crippen LogP contribution is -2.37. The van der Waals surface area contributed by atoms with E-state index in [1.807, 2.05) is 55.5 Å². The van der Waals surface area contributed by atoms with Gasteiger partial charge in [-0.1, -0.05) is 64.1 Å². The zero-order valence-electron chi connectivity index (χ0n) is 17.4. The molecule has 0 bridgehead atoms. The second-order valence-corrected chi connectivity index (χ2v) is 7.84. The molecule has 5 nitrogen and oxygen atoms in total. The summed E-state index contributed by atoms with van der Waals surface area (Å²) in [5, 5.41) is 2.88. The van der Waals surface area contributed by atoms with Crippen LogP contribution in [0.3, 0.4) is 0 Å². The van der Waals surface area contributed by atoms with Gasteiger partial charge in [-0.2, -0.15) is 0 Å². The van der Waals surface area contributed by atoms with Crippen LogP contribution < -0.4 is 10.1 Å². The Morgan fingerprint density at radius 2 is 1.68 bits per heavy atom. The highest BCUT2D eigenvalue weighted by Crippen LogP contribution is 2.30. The molecule has 0 fully saturated rings. The lowest BCUT2D eigenvalue weighted by molar-refractivity contribution is -0.135. The molecule has 0 saturated heterocycles. The van der Waals surface area contributed by atoms with Crippen molar-refractivity contribution in [1.82, 2.24) is 4.90 Å². The number of anilines is 1. The fraction of sp³-hybridized carbons (Fsp3) is 0.391. The van der Waals surface area contributed by atoms with Crippen LogP contribution in [-0.2, 0) is 21.4 Å². The van der Waals surface area contributed by atoms with Crippen molar-refractivity contribution in [3.8, 4) is 5.75 Å². The minimum atomic E-state index is -0.248. The monoisotopic (exact) mass is 382 g/mol. The summed E-state index contributed by atoms with van der Waals surface area (Å²) in [6, 6.07) is 15.4. The van der Waals surface area contributed by atoms with Gasteiger partial charge in [-0.05, 0) is 35.1 Å². The number of carbonyl (C=O) groups excluding carboxylic acids is 2. The first kappa shape index (κ1) is 21.5. The van der Waals surface area contributed by atoms with Crippen LogP contribution in [0, 0.1) is 0 Å². The Bertz CT molecular complexity index is 825. The molecule has 0 radical (unpaired) electrons. The van der Waals surface area contributed by atoms with E-state index in [0.29, 0.717) is 5.75 Å². The van der Waals surface area contributed by atoms with Crippen molar-refractivity contribution in [3.05, 3.63) is 59.7 Å². The molecule has 2 amide bonds. The summed E-state index contributed by atoms with van der Waals surface area (Å²) in [5.74, 6) is 0.215. The lowest BCUT2D eigenvalue weighted by atomic mass is 9.86. The Morgan fingerprint density at radius 3 is 2.36 bits per heavy atom. The molecule has 0 aliphatic heterocycles. The van der Waals surface area contributed by atoms with Crippen molar-refractivity contribution < 1.29 is 14.3 Å². The summed E-state index contributed by atoms with van der Waals surface area (Å²) < 4.78 is 5.76. The Balaban J connectivity index is 1.92. The van der Waals surface area contributed by atoms with Gasteiger partial charge in [0.15, 0.2) is 6.61 Å². The Hall–Kier alpha value is -2.82. The summed E-state index contributed by atoms with van der Waals surface area (Å²) in [4.78, 5) is 26.1. The zero-order chi connectivity index (χ0) is 20.7. The number of nitrogens with zero attached hydrogens (tertiary/aromatic N) is 1. The van der Waals surface area contributed by atoms with Crippen LogP contribution in [-0.4, -0.2) is 36.9 Å². The molecule has 0 atom stereocenters.